The van der Waals surface area contributed by atoms with Crippen LogP contribution in [0.15, 0.2) is 48.5 Å². The Hall–Kier alpha value is -1.31. The Morgan fingerprint density at radius 2 is 1.57 bits per heavy atom. The van der Waals surface area contributed by atoms with Gasteiger partial charge in [-0.1, -0.05) is 56.0 Å². The first-order valence-electron chi connectivity index (χ1n) is 7.37. The van der Waals surface area contributed by atoms with Crippen LogP contribution in [0, 0.1) is 0 Å². The number of hydrogen-bond donors (Lipinski definition) is 0. The Morgan fingerprint density at radius 1 is 0.952 bits per heavy atom. The number of rotatable bonds is 3. The number of para-hydroxylation sites is 1. The average molecular weight is 316 g/mol. The van der Waals surface area contributed by atoms with Crippen LogP contribution in [-0.4, -0.2) is 14.2 Å². The minimum atomic E-state index is -2.80. The van der Waals surface area contributed by atoms with Gasteiger partial charge in [0, 0.05) is 19.8 Å². The van der Waals surface area contributed by atoms with E-state index in [1.165, 1.54) is 0 Å². The van der Waals surface area contributed by atoms with Crippen molar-refractivity contribution in [3.63, 3.8) is 0 Å². The first-order valence-corrected chi connectivity index (χ1v) is 12.9. The highest BCUT2D eigenvalue weighted by Gasteiger charge is 2.36. The van der Waals surface area contributed by atoms with Crippen molar-refractivity contribution in [3.8, 4) is 16.9 Å². The zero-order chi connectivity index (χ0) is 15.1. The molecular formula is C17H21O2PSi. The largest absolute Gasteiger partial charge is 0.439 e. The first kappa shape index (κ1) is 14.6. The molecule has 0 spiro atoms. The molecule has 21 heavy (non-hydrogen) atoms. The Labute approximate surface area is 127 Å². The van der Waals surface area contributed by atoms with Crippen LogP contribution in [0.3, 0.4) is 0 Å². The maximum absolute atomic E-state index is 13.5. The number of fused-ring (bicyclic) bond motifs is 3. The third-order valence-electron chi connectivity index (χ3n) is 3.85. The number of hydrogen-bond acceptors (Lipinski definition) is 2. The Morgan fingerprint density at radius 3 is 2.29 bits per heavy atom. The summed E-state index contributed by atoms with van der Waals surface area (Å²) in [7, 11) is -4.05. The van der Waals surface area contributed by atoms with Gasteiger partial charge in [0.2, 0.25) is 0 Å². The molecule has 1 aliphatic rings. The lowest BCUT2D eigenvalue weighted by Gasteiger charge is -2.30. The molecule has 4 heteroatoms. The van der Waals surface area contributed by atoms with E-state index in [2.05, 4.69) is 25.7 Å². The molecule has 3 rings (SSSR count). The summed E-state index contributed by atoms with van der Waals surface area (Å²) >= 11 is 0. The van der Waals surface area contributed by atoms with Crippen LogP contribution in [0.5, 0.6) is 5.75 Å². The van der Waals surface area contributed by atoms with Crippen molar-refractivity contribution >= 4 is 20.7 Å². The van der Waals surface area contributed by atoms with E-state index in [-0.39, 0.29) is 0 Å². The van der Waals surface area contributed by atoms with Gasteiger partial charge in [-0.3, -0.25) is 4.57 Å². The van der Waals surface area contributed by atoms with E-state index in [4.69, 9.17) is 4.52 Å². The van der Waals surface area contributed by atoms with Crippen LogP contribution in [0.25, 0.3) is 11.1 Å². The standard InChI is InChI=1S/C17H21O2PSi/c1-21(2,3)13-12-20(18)17-11-7-5-9-15(17)14-8-4-6-10-16(14)19-20/h4-11H,12-13H2,1-3H3. The monoisotopic (exact) mass is 316 g/mol. The Bertz CT molecular complexity index is 719. The first-order chi connectivity index (χ1) is 9.89. The quantitative estimate of drug-likeness (QED) is 0.589. The zero-order valence-corrected chi connectivity index (χ0v) is 14.7. The molecule has 2 aromatic carbocycles. The van der Waals surface area contributed by atoms with E-state index < -0.39 is 15.4 Å². The highest BCUT2D eigenvalue weighted by Crippen LogP contribution is 2.55. The summed E-state index contributed by atoms with van der Waals surface area (Å²) in [6, 6.07) is 16.9. The summed E-state index contributed by atoms with van der Waals surface area (Å²) in [5.74, 6) is 0.759. The van der Waals surface area contributed by atoms with E-state index >= 15 is 0 Å². The van der Waals surface area contributed by atoms with Gasteiger partial charge >= 0.3 is 0 Å². The van der Waals surface area contributed by atoms with Gasteiger partial charge < -0.3 is 4.52 Å². The summed E-state index contributed by atoms with van der Waals surface area (Å²) in [5, 5.41) is 0.891. The van der Waals surface area contributed by atoms with Gasteiger partial charge in [0.05, 0.1) is 5.30 Å². The summed E-state index contributed by atoms with van der Waals surface area (Å²) in [5.41, 5.74) is 2.12. The van der Waals surface area contributed by atoms with Crippen LogP contribution in [-0.2, 0) is 4.57 Å². The lowest BCUT2D eigenvalue weighted by molar-refractivity contribution is 0.492. The molecule has 0 N–H and O–H groups in total. The van der Waals surface area contributed by atoms with E-state index in [0.29, 0.717) is 6.16 Å². The summed E-state index contributed by atoms with van der Waals surface area (Å²) in [6.45, 7) is 6.93. The highest BCUT2D eigenvalue weighted by atomic mass is 31.2. The lowest BCUT2D eigenvalue weighted by Crippen LogP contribution is -2.25. The molecule has 0 fully saturated rings. The van der Waals surface area contributed by atoms with Crippen molar-refractivity contribution in [2.24, 2.45) is 0 Å². The van der Waals surface area contributed by atoms with Crippen LogP contribution in [0.1, 0.15) is 0 Å². The molecule has 2 nitrogen and oxygen atoms in total. The van der Waals surface area contributed by atoms with Crippen LogP contribution < -0.4 is 9.83 Å². The molecule has 0 aliphatic carbocycles. The zero-order valence-electron chi connectivity index (χ0n) is 12.8. The molecule has 0 amide bonds. The normalized spacial score (nSPS) is 20.3. The van der Waals surface area contributed by atoms with Gasteiger partial charge in [0.1, 0.15) is 5.75 Å². The molecule has 0 saturated heterocycles. The van der Waals surface area contributed by atoms with Crippen LogP contribution in [0.4, 0.5) is 0 Å². The van der Waals surface area contributed by atoms with Crippen molar-refractivity contribution in [1.82, 2.24) is 0 Å². The molecule has 1 unspecified atom stereocenters. The molecule has 2 aromatic rings. The summed E-state index contributed by atoms with van der Waals surface area (Å²) < 4.78 is 19.5. The van der Waals surface area contributed by atoms with Gasteiger partial charge in [-0.15, -0.1) is 0 Å². The fourth-order valence-corrected chi connectivity index (χ4v) is 8.27. The fraction of sp³-hybridized carbons (Fsp3) is 0.294. The van der Waals surface area contributed by atoms with Gasteiger partial charge in [-0.05, 0) is 23.7 Å². The third kappa shape index (κ3) is 2.86. The molecule has 1 atom stereocenters. The second kappa shape index (κ2) is 5.15. The lowest BCUT2D eigenvalue weighted by atomic mass is 10.0. The molecule has 0 bridgehead atoms. The van der Waals surface area contributed by atoms with Gasteiger partial charge in [-0.2, -0.15) is 0 Å². The van der Waals surface area contributed by atoms with Crippen molar-refractivity contribution in [1.29, 1.82) is 0 Å². The molecular weight excluding hydrogens is 295 g/mol. The number of benzene rings is 2. The topological polar surface area (TPSA) is 26.3 Å². The third-order valence-corrected chi connectivity index (χ3v) is 8.45. The highest BCUT2D eigenvalue weighted by molar-refractivity contribution is 7.68. The molecule has 0 aromatic heterocycles. The van der Waals surface area contributed by atoms with Crippen molar-refractivity contribution in [2.75, 3.05) is 6.16 Å². The van der Waals surface area contributed by atoms with Crippen molar-refractivity contribution in [2.45, 2.75) is 25.7 Å². The van der Waals surface area contributed by atoms with Gasteiger partial charge in [0.15, 0.2) is 0 Å². The van der Waals surface area contributed by atoms with E-state index in [1.54, 1.807) is 0 Å². The SMILES string of the molecule is C[Si](C)(C)CCP1(=O)Oc2ccccc2-c2ccccc21. The Balaban J connectivity index is 2.08. The maximum atomic E-state index is 13.5. The summed E-state index contributed by atoms with van der Waals surface area (Å²) in [6.07, 6.45) is 0.647. The molecule has 0 saturated carbocycles. The maximum Gasteiger partial charge on any atom is 0.277 e. The molecule has 110 valence electrons. The molecule has 1 heterocycles. The van der Waals surface area contributed by atoms with Crippen molar-refractivity contribution < 1.29 is 9.09 Å². The predicted molar refractivity (Wildman–Crippen MR) is 92.8 cm³/mol. The average Bonchev–Trinajstić information content (AvgIpc) is 2.45. The van der Waals surface area contributed by atoms with Gasteiger partial charge in [-0.25, -0.2) is 0 Å². The summed E-state index contributed by atoms with van der Waals surface area (Å²) in [4.78, 5) is 0. The van der Waals surface area contributed by atoms with E-state index in [9.17, 15) is 4.57 Å². The second-order valence-corrected chi connectivity index (χ2v) is 14.9. The Kier molecular flexibility index (Phi) is 3.59. The van der Waals surface area contributed by atoms with Crippen LogP contribution in [0.2, 0.25) is 25.7 Å². The minimum Gasteiger partial charge on any atom is -0.439 e. The van der Waals surface area contributed by atoms with Crippen LogP contribution >= 0.6 is 7.37 Å². The van der Waals surface area contributed by atoms with Crippen molar-refractivity contribution in [3.05, 3.63) is 48.5 Å². The predicted octanol–water partition coefficient (Wildman–Crippen LogP) is 4.99. The van der Waals surface area contributed by atoms with E-state index in [1.807, 2.05) is 42.5 Å². The smallest absolute Gasteiger partial charge is 0.277 e. The second-order valence-electron chi connectivity index (χ2n) is 6.81. The fourth-order valence-electron chi connectivity index (χ4n) is 2.62. The van der Waals surface area contributed by atoms with E-state index in [0.717, 1.165) is 28.2 Å². The minimum absolute atomic E-state index is 0.647. The van der Waals surface area contributed by atoms with Gasteiger partial charge in [0.25, 0.3) is 7.37 Å². The molecule has 0 radical (unpaired) electrons. The molecule has 1 aliphatic heterocycles.